The molecule has 2 saturated heterocycles. The van der Waals surface area contributed by atoms with E-state index in [4.69, 9.17) is 4.74 Å². The fourth-order valence-corrected chi connectivity index (χ4v) is 3.52. The van der Waals surface area contributed by atoms with Crippen molar-refractivity contribution in [2.24, 2.45) is 0 Å². The second-order valence-corrected chi connectivity index (χ2v) is 6.71. The molecule has 0 radical (unpaired) electrons. The van der Waals surface area contributed by atoms with E-state index in [0.717, 1.165) is 32.8 Å². The van der Waals surface area contributed by atoms with E-state index in [1.54, 1.807) is 0 Å². The number of hydrogen-bond acceptors (Lipinski definition) is 3. The van der Waals surface area contributed by atoms with Gasteiger partial charge in [-0.15, -0.1) is 0 Å². The predicted octanol–water partition coefficient (Wildman–Crippen LogP) is 2.94. The van der Waals surface area contributed by atoms with Crippen molar-refractivity contribution < 1.29 is 4.74 Å². The summed E-state index contributed by atoms with van der Waals surface area (Å²) in [7, 11) is 0. The number of rotatable bonds is 6. The lowest BCUT2D eigenvalue weighted by atomic mass is 10.1. The number of morpholine rings is 1. The van der Waals surface area contributed by atoms with Crippen LogP contribution in [-0.4, -0.2) is 55.7 Å². The molecule has 0 aliphatic carbocycles. The zero-order chi connectivity index (χ0) is 15.0. The first-order valence-corrected chi connectivity index (χ1v) is 9.00. The Morgan fingerprint density at radius 1 is 0.773 bits per heavy atom. The number of likely N-dealkylation sites (tertiary alicyclic amines) is 1. The Kier molecular flexibility index (Phi) is 6.29. The fraction of sp³-hybridized carbons (Fsp3) is 0.684. The van der Waals surface area contributed by atoms with Gasteiger partial charge in [0.2, 0.25) is 0 Å². The van der Waals surface area contributed by atoms with E-state index in [9.17, 15) is 0 Å². The smallest absolute Gasteiger partial charge is 0.0594 e. The van der Waals surface area contributed by atoms with Gasteiger partial charge in [0.05, 0.1) is 13.2 Å². The van der Waals surface area contributed by atoms with Crippen molar-refractivity contribution in [1.82, 2.24) is 9.80 Å². The van der Waals surface area contributed by atoms with Crippen molar-refractivity contribution in [2.45, 2.75) is 38.6 Å². The van der Waals surface area contributed by atoms with E-state index in [0.29, 0.717) is 0 Å². The predicted molar refractivity (Wildman–Crippen MR) is 91.2 cm³/mol. The maximum absolute atomic E-state index is 5.39. The minimum Gasteiger partial charge on any atom is -0.379 e. The topological polar surface area (TPSA) is 15.7 Å². The number of ether oxygens (including phenoxy) is 1. The van der Waals surface area contributed by atoms with Crippen LogP contribution in [0, 0.1) is 0 Å². The molecule has 0 spiro atoms. The molecule has 2 heterocycles. The van der Waals surface area contributed by atoms with E-state index in [1.165, 1.54) is 62.9 Å². The zero-order valence-corrected chi connectivity index (χ0v) is 13.8. The quantitative estimate of drug-likeness (QED) is 0.803. The molecule has 2 aliphatic rings. The molecule has 3 rings (SSSR count). The molecule has 2 aliphatic heterocycles. The van der Waals surface area contributed by atoms with Crippen molar-refractivity contribution in [2.75, 3.05) is 45.9 Å². The minimum atomic E-state index is 0.908. The molecule has 2 fully saturated rings. The molecule has 0 unspecified atom stereocenters. The first kappa shape index (κ1) is 16.0. The molecule has 0 N–H and O–H groups in total. The maximum Gasteiger partial charge on any atom is 0.0594 e. The molecule has 0 aromatic heterocycles. The molecular weight excluding hydrogens is 272 g/mol. The first-order chi connectivity index (χ1) is 10.9. The first-order valence-electron chi connectivity index (χ1n) is 9.00. The summed E-state index contributed by atoms with van der Waals surface area (Å²) in [5.74, 6) is 0. The minimum absolute atomic E-state index is 0.908. The maximum atomic E-state index is 5.39. The highest BCUT2D eigenvalue weighted by Crippen LogP contribution is 2.14. The summed E-state index contributed by atoms with van der Waals surface area (Å²) < 4.78 is 5.39. The van der Waals surface area contributed by atoms with Crippen LogP contribution in [0.5, 0.6) is 0 Å². The largest absolute Gasteiger partial charge is 0.379 e. The number of aryl methyl sites for hydroxylation is 1. The van der Waals surface area contributed by atoms with Crippen LogP contribution in [-0.2, 0) is 17.7 Å². The van der Waals surface area contributed by atoms with Gasteiger partial charge in [0.1, 0.15) is 0 Å². The van der Waals surface area contributed by atoms with Gasteiger partial charge in [0, 0.05) is 19.6 Å². The van der Waals surface area contributed by atoms with Gasteiger partial charge in [0.25, 0.3) is 0 Å². The molecule has 0 bridgehead atoms. The van der Waals surface area contributed by atoms with Crippen molar-refractivity contribution >= 4 is 0 Å². The van der Waals surface area contributed by atoms with Crippen LogP contribution >= 0.6 is 0 Å². The second kappa shape index (κ2) is 8.66. The summed E-state index contributed by atoms with van der Waals surface area (Å²) >= 11 is 0. The van der Waals surface area contributed by atoms with Crippen molar-refractivity contribution in [3.05, 3.63) is 35.4 Å². The SMILES string of the molecule is c1cc(CN2CCCCC2)ccc1CCCN1CCOCC1. The standard InChI is InChI=1S/C19H30N2O/c1-2-10-21(11-3-1)17-19-8-6-18(7-9-19)5-4-12-20-13-15-22-16-14-20/h6-9H,1-5,10-17H2. The van der Waals surface area contributed by atoms with Gasteiger partial charge in [-0.05, 0) is 56.4 Å². The summed E-state index contributed by atoms with van der Waals surface area (Å²) in [4.78, 5) is 5.12. The van der Waals surface area contributed by atoms with E-state index in [2.05, 4.69) is 34.1 Å². The normalized spacial score (nSPS) is 21.1. The molecule has 3 heteroatoms. The Hall–Kier alpha value is -0.900. The van der Waals surface area contributed by atoms with Crippen LogP contribution in [0.2, 0.25) is 0 Å². The van der Waals surface area contributed by atoms with Gasteiger partial charge < -0.3 is 4.74 Å². The molecule has 22 heavy (non-hydrogen) atoms. The van der Waals surface area contributed by atoms with Crippen LogP contribution < -0.4 is 0 Å². The monoisotopic (exact) mass is 302 g/mol. The second-order valence-electron chi connectivity index (χ2n) is 6.71. The van der Waals surface area contributed by atoms with Crippen LogP contribution in [0.4, 0.5) is 0 Å². The van der Waals surface area contributed by atoms with Crippen LogP contribution in [0.25, 0.3) is 0 Å². The van der Waals surface area contributed by atoms with Gasteiger partial charge in [-0.25, -0.2) is 0 Å². The lowest BCUT2D eigenvalue weighted by Gasteiger charge is -2.26. The van der Waals surface area contributed by atoms with E-state index in [1.807, 2.05) is 0 Å². The highest BCUT2D eigenvalue weighted by molar-refractivity contribution is 5.22. The van der Waals surface area contributed by atoms with Gasteiger partial charge in [-0.3, -0.25) is 9.80 Å². The Morgan fingerprint density at radius 3 is 2.18 bits per heavy atom. The summed E-state index contributed by atoms with van der Waals surface area (Å²) in [6.45, 7) is 8.93. The number of nitrogens with zero attached hydrogens (tertiary/aromatic N) is 2. The summed E-state index contributed by atoms with van der Waals surface area (Å²) in [6.07, 6.45) is 6.62. The molecule has 0 atom stereocenters. The molecule has 1 aromatic rings. The third-order valence-corrected chi connectivity index (χ3v) is 4.92. The van der Waals surface area contributed by atoms with E-state index < -0.39 is 0 Å². The van der Waals surface area contributed by atoms with Crippen molar-refractivity contribution in [3.63, 3.8) is 0 Å². The Labute approximate surface area is 135 Å². The highest BCUT2D eigenvalue weighted by Gasteiger charge is 2.11. The molecule has 122 valence electrons. The van der Waals surface area contributed by atoms with Gasteiger partial charge in [-0.2, -0.15) is 0 Å². The fourth-order valence-electron chi connectivity index (χ4n) is 3.52. The molecule has 3 nitrogen and oxygen atoms in total. The number of piperidine rings is 1. The number of hydrogen-bond donors (Lipinski definition) is 0. The molecule has 0 saturated carbocycles. The van der Waals surface area contributed by atoms with Crippen LogP contribution in [0.3, 0.4) is 0 Å². The van der Waals surface area contributed by atoms with Crippen LogP contribution in [0.15, 0.2) is 24.3 Å². The Bertz CT molecular complexity index is 420. The van der Waals surface area contributed by atoms with Gasteiger partial charge >= 0.3 is 0 Å². The average Bonchev–Trinajstić information content (AvgIpc) is 2.58. The molecule has 1 aromatic carbocycles. The third-order valence-electron chi connectivity index (χ3n) is 4.92. The summed E-state index contributed by atoms with van der Waals surface area (Å²) in [5, 5.41) is 0. The van der Waals surface area contributed by atoms with E-state index >= 15 is 0 Å². The summed E-state index contributed by atoms with van der Waals surface area (Å²) in [5.41, 5.74) is 2.95. The third kappa shape index (κ3) is 5.08. The molecular formula is C19H30N2O. The summed E-state index contributed by atoms with van der Waals surface area (Å²) in [6, 6.07) is 9.33. The molecule has 0 amide bonds. The zero-order valence-electron chi connectivity index (χ0n) is 13.8. The van der Waals surface area contributed by atoms with Crippen LogP contribution in [0.1, 0.15) is 36.8 Å². The van der Waals surface area contributed by atoms with Crippen molar-refractivity contribution in [1.29, 1.82) is 0 Å². The van der Waals surface area contributed by atoms with E-state index in [-0.39, 0.29) is 0 Å². The van der Waals surface area contributed by atoms with Crippen molar-refractivity contribution in [3.8, 4) is 0 Å². The Balaban J connectivity index is 1.39. The highest BCUT2D eigenvalue weighted by atomic mass is 16.5. The number of benzene rings is 1. The lowest BCUT2D eigenvalue weighted by Crippen LogP contribution is -2.36. The van der Waals surface area contributed by atoms with Gasteiger partial charge in [-0.1, -0.05) is 30.7 Å². The average molecular weight is 302 g/mol. The van der Waals surface area contributed by atoms with Gasteiger partial charge in [0.15, 0.2) is 0 Å². The lowest BCUT2D eigenvalue weighted by molar-refractivity contribution is 0.0375. The Morgan fingerprint density at radius 2 is 1.45 bits per heavy atom.